The molecule has 0 unspecified atom stereocenters. The molecule has 1 atom stereocenters. The van der Waals surface area contributed by atoms with Gasteiger partial charge in [0.1, 0.15) is 11.9 Å². The van der Waals surface area contributed by atoms with Crippen LogP contribution in [-0.4, -0.2) is 32.3 Å². The first-order valence-electron chi connectivity index (χ1n) is 9.72. The second-order valence-corrected chi connectivity index (χ2v) is 12.4. The van der Waals surface area contributed by atoms with E-state index < -0.39 is 19.3 Å². The summed E-state index contributed by atoms with van der Waals surface area (Å²) in [5, 5.41) is 1.12. The predicted octanol–water partition coefficient (Wildman–Crippen LogP) is 5.30. The molecule has 0 N–H and O–H groups in total. The van der Waals surface area contributed by atoms with E-state index in [4.69, 9.17) is 9.16 Å². The first kappa shape index (κ1) is 23.6. The number of carbonyl (C=O) groups excluding carboxylic acids is 2. The summed E-state index contributed by atoms with van der Waals surface area (Å²) >= 11 is 0. The number of aldehydes is 1. The number of rotatable bonds is 7. The van der Waals surface area contributed by atoms with Crippen LogP contribution in [0, 0.1) is 5.41 Å². The van der Waals surface area contributed by atoms with Crippen molar-refractivity contribution in [3.63, 3.8) is 0 Å². The highest BCUT2D eigenvalue weighted by Crippen LogP contribution is 2.52. The lowest BCUT2D eigenvalue weighted by Crippen LogP contribution is -2.38. The molecule has 152 valence electrons. The topological polar surface area (TPSA) is 52.6 Å². The van der Waals surface area contributed by atoms with E-state index in [1.54, 1.807) is 0 Å². The Labute approximate surface area is 165 Å². The molecule has 1 aliphatic heterocycles. The fourth-order valence-corrected chi connectivity index (χ4v) is 9.14. The molecule has 1 rings (SSSR count). The monoisotopic (exact) mass is 392 g/mol. The summed E-state index contributed by atoms with van der Waals surface area (Å²) in [4.78, 5) is 24.2. The van der Waals surface area contributed by atoms with E-state index in [0.717, 1.165) is 29.1 Å². The summed E-state index contributed by atoms with van der Waals surface area (Å²) in [7, 11) is -2.44. The number of carbonyl (C=O) groups is 2. The summed E-state index contributed by atoms with van der Waals surface area (Å²) in [6.45, 7) is 15.6. The fraction of sp³-hybridized carbons (Fsp3) is 0.636. The van der Waals surface area contributed by atoms with Crippen molar-refractivity contribution >= 4 is 20.6 Å². The van der Waals surface area contributed by atoms with Crippen molar-refractivity contribution in [1.29, 1.82) is 0 Å². The Bertz CT molecular complexity index is 621. The third-order valence-electron chi connectivity index (χ3n) is 4.98. The predicted molar refractivity (Wildman–Crippen MR) is 113 cm³/mol. The van der Waals surface area contributed by atoms with Crippen LogP contribution in [0.4, 0.5) is 0 Å². The molecule has 0 spiro atoms. The summed E-state index contributed by atoms with van der Waals surface area (Å²) in [6.07, 6.45) is 9.13. The Balaban J connectivity index is 3.38. The van der Waals surface area contributed by atoms with Crippen LogP contribution in [0.15, 0.2) is 35.1 Å². The zero-order valence-electron chi connectivity index (χ0n) is 18.2. The van der Waals surface area contributed by atoms with Crippen LogP contribution in [0.1, 0.15) is 61.8 Å². The number of hydrogen-bond donors (Lipinski definition) is 0. The van der Waals surface area contributed by atoms with E-state index in [-0.39, 0.29) is 18.5 Å². The first-order valence-corrected chi connectivity index (χ1v) is 12.0. The third kappa shape index (κ3) is 5.75. The summed E-state index contributed by atoms with van der Waals surface area (Å²) < 4.78 is 12.2. The Hall–Kier alpha value is -1.46. The molecule has 0 saturated carbocycles. The summed E-state index contributed by atoms with van der Waals surface area (Å²) in [6, 6.07) is 1.59. The van der Waals surface area contributed by atoms with Crippen LogP contribution in [0.5, 0.6) is 0 Å². The van der Waals surface area contributed by atoms with Gasteiger partial charge in [-0.1, -0.05) is 38.2 Å². The van der Waals surface area contributed by atoms with Gasteiger partial charge in [-0.3, -0.25) is 9.59 Å². The van der Waals surface area contributed by atoms with Crippen molar-refractivity contribution in [2.24, 2.45) is 5.41 Å². The smallest absolute Gasteiger partial charge is 0.308 e. The zero-order valence-corrected chi connectivity index (χ0v) is 19.2. The van der Waals surface area contributed by atoms with E-state index in [1.165, 1.54) is 0 Å². The fourth-order valence-electron chi connectivity index (χ4n) is 3.98. The lowest BCUT2D eigenvalue weighted by molar-refractivity contribution is -0.157. The Morgan fingerprint density at radius 1 is 1.19 bits per heavy atom. The Kier molecular flexibility index (Phi) is 7.99. The van der Waals surface area contributed by atoms with Crippen LogP contribution < -0.4 is 0 Å². The maximum Gasteiger partial charge on any atom is 0.308 e. The van der Waals surface area contributed by atoms with Crippen LogP contribution in [-0.2, 0) is 18.8 Å². The molecular formula is C22H36O4Si. The van der Waals surface area contributed by atoms with Crippen molar-refractivity contribution in [1.82, 2.24) is 0 Å². The molecule has 5 heteroatoms. The number of hydrogen-bond acceptors (Lipinski definition) is 4. The molecule has 1 aliphatic rings. The van der Waals surface area contributed by atoms with Gasteiger partial charge in [-0.2, -0.15) is 0 Å². The molecule has 27 heavy (non-hydrogen) atoms. The molecule has 0 amide bonds. The van der Waals surface area contributed by atoms with Gasteiger partial charge in [0.15, 0.2) is 0 Å². The van der Waals surface area contributed by atoms with E-state index in [1.807, 2.05) is 53.7 Å². The van der Waals surface area contributed by atoms with Gasteiger partial charge >= 0.3 is 5.97 Å². The minimum absolute atomic E-state index is 0.195. The van der Waals surface area contributed by atoms with E-state index in [0.29, 0.717) is 0 Å². The normalized spacial score (nSPS) is 23.8. The molecule has 1 fully saturated rings. The quantitative estimate of drug-likeness (QED) is 0.194. The standard InChI is InChI=1S/C22H36O4Si/c1-9-11-13-27(14-12-10-2)20(17(3)16-23)22(7,8)18(26-27)15-19(24)25-21(4,5)6/h9-12,16,18H,13-15H2,1-8H3/b11-9-,12-10-,20-17-/t18-/m0/s1. The van der Waals surface area contributed by atoms with Gasteiger partial charge in [-0.15, -0.1) is 0 Å². The van der Waals surface area contributed by atoms with Crippen LogP contribution in [0.3, 0.4) is 0 Å². The first-order chi connectivity index (χ1) is 12.4. The number of ether oxygens (including phenoxy) is 1. The molecule has 0 aromatic carbocycles. The van der Waals surface area contributed by atoms with Crippen molar-refractivity contribution in [3.05, 3.63) is 35.1 Å². The van der Waals surface area contributed by atoms with E-state index in [9.17, 15) is 9.59 Å². The molecule has 1 saturated heterocycles. The van der Waals surface area contributed by atoms with Crippen LogP contribution >= 0.6 is 0 Å². The van der Waals surface area contributed by atoms with Gasteiger partial charge in [0, 0.05) is 5.41 Å². The Morgan fingerprint density at radius 3 is 2.11 bits per heavy atom. The van der Waals surface area contributed by atoms with Crippen LogP contribution in [0.25, 0.3) is 0 Å². The van der Waals surface area contributed by atoms with Gasteiger partial charge in [0.05, 0.1) is 12.5 Å². The van der Waals surface area contributed by atoms with E-state index in [2.05, 4.69) is 26.0 Å². The largest absolute Gasteiger partial charge is 0.460 e. The molecule has 0 aliphatic carbocycles. The minimum Gasteiger partial charge on any atom is -0.460 e. The van der Waals surface area contributed by atoms with Gasteiger partial charge < -0.3 is 9.16 Å². The molecule has 0 bridgehead atoms. The highest BCUT2D eigenvalue weighted by atomic mass is 28.4. The van der Waals surface area contributed by atoms with Crippen molar-refractivity contribution < 1.29 is 18.8 Å². The molecule has 4 nitrogen and oxygen atoms in total. The summed E-state index contributed by atoms with van der Waals surface area (Å²) in [5.41, 5.74) is -0.175. The lowest BCUT2D eigenvalue weighted by atomic mass is 9.82. The SMILES string of the molecule is C/C=C\C[Si]1(C/C=C\C)O[C@@H](CC(=O)OC(C)(C)C)C(C)(C)/C1=C(\C)C=O. The third-order valence-corrected chi connectivity index (χ3v) is 9.46. The maximum absolute atomic E-state index is 12.5. The summed E-state index contributed by atoms with van der Waals surface area (Å²) in [5.74, 6) is -0.259. The van der Waals surface area contributed by atoms with Crippen LogP contribution in [0.2, 0.25) is 12.1 Å². The molecule has 1 heterocycles. The molecule has 0 aromatic rings. The zero-order chi connectivity index (χ0) is 20.9. The minimum atomic E-state index is -2.44. The Morgan fingerprint density at radius 2 is 1.70 bits per heavy atom. The van der Waals surface area contributed by atoms with Crippen molar-refractivity contribution in [2.75, 3.05) is 0 Å². The number of esters is 1. The molecular weight excluding hydrogens is 356 g/mol. The maximum atomic E-state index is 12.5. The number of allylic oxidation sites excluding steroid dienone is 5. The molecule has 0 radical (unpaired) electrons. The van der Waals surface area contributed by atoms with Gasteiger partial charge in [-0.25, -0.2) is 0 Å². The lowest BCUT2D eigenvalue weighted by Gasteiger charge is -2.30. The highest BCUT2D eigenvalue weighted by Gasteiger charge is 2.57. The second-order valence-electron chi connectivity index (χ2n) is 8.84. The average Bonchev–Trinajstić information content (AvgIpc) is 2.76. The van der Waals surface area contributed by atoms with Gasteiger partial charge in [0.2, 0.25) is 8.32 Å². The van der Waals surface area contributed by atoms with Gasteiger partial charge in [-0.05, 0) is 64.4 Å². The average molecular weight is 393 g/mol. The second kappa shape index (κ2) is 9.15. The van der Waals surface area contributed by atoms with E-state index >= 15 is 0 Å². The van der Waals surface area contributed by atoms with Gasteiger partial charge in [0.25, 0.3) is 0 Å². The van der Waals surface area contributed by atoms with Crippen molar-refractivity contribution in [3.8, 4) is 0 Å². The van der Waals surface area contributed by atoms with Crippen molar-refractivity contribution in [2.45, 2.75) is 85.6 Å². The molecule has 0 aromatic heterocycles. The highest BCUT2D eigenvalue weighted by molar-refractivity contribution is 6.83.